The molecule has 4 nitrogen and oxygen atoms in total. The van der Waals surface area contributed by atoms with Crippen molar-refractivity contribution in [2.45, 2.75) is 5.92 Å². The highest BCUT2D eigenvalue weighted by Gasteiger charge is 2.21. The lowest BCUT2D eigenvalue weighted by molar-refractivity contribution is 0.390. The lowest BCUT2D eigenvalue weighted by Gasteiger charge is -2.22. The smallest absolute Gasteiger partial charge is 0.126 e. The quantitative estimate of drug-likeness (QED) is 0.559. The summed E-state index contributed by atoms with van der Waals surface area (Å²) >= 11 is 0. The third-order valence-corrected chi connectivity index (χ3v) is 4.65. The van der Waals surface area contributed by atoms with E-state index in [2.05, 4.69) is 30.3 Å². The van der Waals surface area contributed by atoms with Crippen LogP contribution in [0, 0.1) is 0 Å². The number of rotatable bonds is 7. The van der Waals surface area contributed by atoms with Gasteiger partial charge in [-0.15, -0.1) is 0 Å². The molecule has 0 heterocycles. The average molecular weight is 364 g/mol. The first-order valence-electron chi connectivity index (χ1n) is 8.70. The summed E-state index contributed by atoms with van der Waals surface area (Å²) in [4.78, 5) is 0. The average Bonchev–Trinajstić information content (AvgIpc) is 2.75. The van der Waals surface area contributed by atoms with Crippen LogP contribution in [0.15, 0.2) is 66.7 Å². The van der Waals surface area contributed by atoms with Crippen LogP contribution in [0.1, 0.15) is 22.6 Å². The van der Waals surface area contributed by atoms with E-state index in [1.165, 1.54) is 0 Å². The molecule has 3 rings (SSSR count). The number of hydrogen-bond acceptors (Lipinski definition) is 4. The van der Waals surface area contributed by atoms with Crippen LogP contribution in [0.3, 0.4) is 0 Å². The van der Waals surface area contributed by atoms with Gasteiger partial charge in [0, 0.05) is 17.5 Å². The first-order valence-corrected chi connectivity index (χ1v) is 8.70. The van der Waals surface area contributed by atoms with Gasteiger partial charge in [-0.25, -0.2) is 0 Å². The van der Waals surface area contributed by atoms with Crippen LogP contribution in [-0.4, -0.2) is 28.4 Å². The number of benzene rings is 3. The monoisotopic (exact) mass is 364 g/mol. The molecule has 27 heavy (non-hydrogen) atoms. The van der Waals surface area contributed by atoms with Gasteiger partial charge in [0.2, 0.25) is 0 Å². The fourth-order valence-electron chi connectivity index (χ4n) is 3.20. The molecule has 0 bridgehead atoms. The summed E-state index contributed by atoms with van der Waals surface area (Å²) in [6, 6.07) is 22.1. The summed E-state index contributed by atoms with van der Waals surface area (Å²) in [5.74, 6) is 3.20. The SMILES string of the molecule is COc1ccc(C(c2ccc(OC)cc2)c2ccc(OC)cc2OC)cc1. The highest BCUT2D eigenvalue weighted by atomic mass is 16.5. The molecule has 0 radical (unpaired) electrons. The summed E-state index contributed by atoms with van der Waals surface area (Å²) in [5, 5.41) is 0. The fourth-order valence-corrected chi connectivity index (χ4v) is 3.20. The molecule has 0 aliphatic rings. The van der Waals surface area contributed by atoms with Crippen molar-refractivity contribution in [1.29, 1.82) is 0 Å². The van der Waals surface area contributed by atoms with Crippen LogP contribution in [0.25, 0.3) is 0 Å². The van der Waals surface area contributed by atoms with Gasteiger partial charge in [0.1, 0.15) is 23.0 Å². The van der Waals surface area contributed by atoms with Gasteiger partial charge in [0.15, 0.2) is 0 Å². The first-order chi connectivity index (χ1) is 13.2. The van der Waals surface area contributed by atoms with Crippen molar-refractivity contribution >= 4 is 0 Å². The normalized spacial score (nSPS) is 10.6. The van der Waals surface area contributed by atoms with E-state index in [4.69, 9.17) is 18.9 Å². The van der Waals surface area contributed by atoms with Gasteiger partial charge in [-0.1, -0.05) is 30.3 Å². The highest BCUT2D eigenvalue weighted by molar-refractivity contribution is 5.52. The zero-order valence-electron chi connectivity index (χ0n) is 16.1. The van der Waals surface area contributed by atoms with Crippen LogP contribution in [-0.2, 0) is 0 Å². The number of hydrogen-bond donors (Lipinski definition) is 0. The van der Waals surface area contributed by atoms with E-state index in [1.807, 2.05) is 36.4 Å². The predicted molar refractivity (Wildman–Crippen MR) is 106 cm³/mol. The molecule has 0 amide bonds. The van der Waals surface area contributed by atoms with Gasteiger partial charge in [0.05, 0.1) is 28.4 Å². The summed E-state index contributed by atoms with van der Waals surface area (Å²) in [6.07, 6.45) is 0. The van der Waals surface area contributed by atoms with Crippen molar-refractivity contribution in [3.05, 3.63) is 83.4 Å². The van der Waals surface area contributed by atoms with Gasteiger partial charge in [-0.3, -0.25) is 0 Å². The van der Waals surface area contributed by atoms with Crippen LogP contribution >= 0.6 is 0 Å². The highest BCUT2D eigenvalue weighted by Crippen LogP contribution is 2.39. The molecule has 0 spiro atoms. The number of methoxy groups -OCH3 is 4. The first kappa shape index (κ1) is 18.6. The molecule has 0 aromatic heterocycles. The molecular formula is C23H24O4. The summed E-state index contributed by atoms with van der Waals surface area (Å²) in [5.41, 5.74) is 3.35. The van der Waals surface area contributed by atoms with Gasteiger partial charge in [-0.05, 0) is 41.5 Å². The van der Waals surface area contributed by atoms with E-state index >= 15 is 0 Å². The van der Waals surface area contributed by atoms with E-state index in [1.54, 1.807) is 28.4 Å². The molecule has 4 heteroatoms. The van der Waals surface area contributed by atoms with Crippen molar-refractivity contribution in [2.24, 2.45) is 0 Å². The van der Waals surface area contributed by atoms with Crippen molar-refractivity contribution in [3.63, 3.8) is 0 Å². The van der Waals surface area contributed by atoms with E-state index in [0.29, 0.717) is 0 Å². The standard InChI is InChI=1S/C23H24O4/c1-24-18-9-5-16(6-10-18)23(17-7-11-19(25-2)12-8-17)21-14-13-20(26-3)15-22(21)27-4/h5-15,23H,1-4H3. The second kappa shape index (κ2) is 8.49. The third kappa shape index (κ3) is 4.00. The van der Waals surface area contributed by atoms with Crippen LogP contribution in [0.2, 0.25) is 0 Å². The summed E-state index contributed by atoms with van der Waals surface area (Å²) in [6.45, 7) is 0. The van der Waals surface area contributed by atoms with Crippen LogP contribution < -0.4 is 18.9 Å². The van der Waals surface area contributed by atoms with Gasteiger partial charge in [-0.2, -0.15) is 0 Å². The van der Waals surface area contributed by atoms with Crippen molar-refractivity contribution in [2.75, 3.05) is 28.4 Å². The van der Waals surface area contributed by atoms with Gasteiger partial charge < -0.3 is 18.9 Å². The minimum Gasteiger partial charge on any atom is -0.497 e. The van der Waals surface area contributed by atoms with Crippen LogP contribution in [0.5, 0.6) is 23.0 Å². The molecule has 3 aromatic carbocycles. The minimum atomic E-state index is 0.00247. The van der Waals surface area contributed by atoms with E-state index < -0.39 is 0 Å². The molecule has 0 aliphatic carbocycles. The molecule has 0 atom stereocenters. The Bertz CT molecular complexity index is 822. The Morgan fingerprint density at radius 3 is 1.37 bits per heavy atom. The Balaban J connectivity index is 2.14. The van der Waals surface area contributed by atoms with Crippen molar-refractivity contribution in [1.82, 2.24) is 0 Å². The molecular weight excluding hydrogens is 340 g/mol. The maximum atomic E-state index is 5.67. The van der Waals surface area contributed by atoms with Crippen molar-refractivity contribution < 1.29 is 18.9 Å². The number of ether oxygens (including phenoxy) is 4. The maximum Gasteiger partial charge on any atom is 0.126 e. The molecule has 0 saturated heterocycles. The lowest BCUT2D eigenvalue weighted by Crippen LogP contribution is -2.06. The fraction of sp³-hybridized carbons (Fsp3) is 0.217. The molecule has 0 N–H and O–H groups in total. The van der Waals surface area contributed by atoms with Gasteiger partial charge in [0.25, 0.3) is 0 Å². The Labute approximate surface area is 160 Å². The zero-order valence-corrected chi connectivity index (χ0v) is 16.1. The molecule has 3 aromatic rings. The molecule has 0 unspecified atom stereocenters. The Hall–Kier alpha value is -3.14. The third-order valence-electron chi connectivity index (χ3n) is 4.65. The van der Waals surface area contributed by atoms with E-state index in [0.717, 1.165) is 39.7 Å². The molecule has 0 aliphatic heterocycles. The van der Waals surface area contributed by atoms with E-state index in [-0.39, 0.29) is 5.92 Å². The molecule has 0 saturated carbocycles. The summed E-state index contributed by atoms with van der Waals surface area (Å²) < 4.78 is 21.6. The molecule has 140 valence electrons. The Kier molecular flexibility index (Phi) is 5.87. The lowest BCUT2D eigenvalue weighted by atomic mass is 9.84. The van der Waals surface area contributed by atoms with Crippen LogP contribution in [0.4, 0.5) is 0 Å². The van der Waals surface area contributed by atoms with E-state index in [9.17, 15) is 0 Å². The predicted octanol–water partition coefficient (Wildman–Crippen LogP) is 4.90. The largest absolute Gasteiger partial charge is 0.497 e. The Morgan fingerprint density at radius 2 is 0.963 bits per heavy atom. The Morgan fingerprint density at radius 1 is 0.519 bits per heavy atom. The second-order valence-corrected chi connectivity index (χ2v) is 6.09. The maximum absolute atomic E-state index is 5.67. The minimum absolute atomic E-state index is 0.00247. The second-order valence-electron chi connectivity index (χ2n) is 6.09. The summed E-state index contributed by atoms with van der Waals surface area (Å²) in [7, 11) is 6.67. The molecule has 0 fully saturated rings. The zero-order chi connectivity index (χ0) is 19.2. The topological polar surface area (TPSA) is 36.9 Å². The van der Waals surface area contributed by atoms with Crippen molar-refractivity contribution in [3.8, 4) is 23.0 Å². The van der Waals surface area contributed by atoms with Gasteiger partial charge >= 0.3 is 0 Å².